The maximum atomic E-state index is 12.9. The molecule has 2 aromatic carbocycles. The lowest BCUT2D eigenvalue weighted by molar-refractivity contribution is -0.141. The highest BCUT2D eigenvalue weighted by molar-refractivity contribution is 6.03. The second-order valence-electron chi connectivity index (χ2n) is 10.2. The van der Waals surface area contributed by atoms with Crippen LogP contribution in [-0.2, 0) is 15.7 Å². The Balaban J connectivity index is 1.54. The highest BCUT2D eigenvalue weighted by Gasteiger charge is 2.34. The van der Waals surface area contributed by atoms with Gasteiger partial charge in [-0.25, -0.2) is 4.79 Å². The molecule has 0 spiro atoms. The third kappa shape index (κ3) is 7.58. The van der Waals surface area contributed by atoms with Gasteiger partial charge < -0.3 is 14.8 Å². The molecular formula is C27H29F3N4O4. The van der Waals surface area contributed by atoms with E-state index in [1.165, 1.54) is 0 Å². The molecule has 1 aromatic heterocycles. The summed E-state index contributed by atoms with van der Waals surface area (Å²) in [7, 11) is 0. The zero-order valence-electron chi connectivity index (χ0n) is 21.2. The second kappa shape index (κ2) is 10.9. The van der Waals surface area contributed by atoms with Gasteiger partial charge >= 0.3 is 12.3 Å². The lowest BCUT2D eigenvalue weighted by Gasteiger charge is -2.22. The molecule has 4 rings (SSSR count). The maximum Gasteiger partial charge on any atom is 0.432 e. The summed E-state index contributed by atoms with van der Waals surface area (Å²) in [5, 5.41) is 10.6. The van der Waals surface area contributed by atoms with Gasteiger partial charge in [-0.05, 0) is 74.9 Å². The maximum absolute atomic E-state index is 12.9. The Morgan fingerprint density at radius 2 is 1.61 bits per heavy atom. The zero-order valence-corrected chi connectivity index (χ0v) is 21.2. The number of H-pyrrole nitrogens is 1. The standard InChI is InChI=1S/C27H29F3N4O4/c1-26(2,3)38-25(36)32-20-9-5-7-18(13-20)23(37-15-16-10-11-16)17-6-4-8-19(12-17)31-24(35)21-14-22(34-33-21)27(28,29)30/h4-9,12-14,16,23H,10-11,15H2,1-3H3,(H,31,35)(H,32,36)(H,33,34). The van der Waals surface area contributed by atoms with Crippen LogP contribution in [0.5, 0.6) is 0 Å². The number of nitrogens with zero attached hydrogens (tertiary/aromatic N) is 1. The minimum absolute atomic E-state index is 0.368. The number of ether oxygens (including phenoxy) is 2. The first-order valence-electron chi connectivity index (χ1n) is 12.1. The molecule has 1 saturated carbocycles. The molecule has 3 N–H and O–H groups in total. The number of aromatic nitrogens is 2. The number of carbonyl (C=O) groups is 2. The molecule has 1 unspecified atom stereocenters. The molecule has 1 heterocycles. The molecule has 0 saturated heterocycles. The number of benzene rings is 2. The van der Waals surface area contributed by atoms with Crippen LogP contribution in [0, 0.1) is 5.92 Å². The molecule has 1 fully saturated rings. The van der Waals surface area contributed by atoms with Gasteiger partial charge in [0, 0.05) is 17.4 Å². The Hall–Kier alpha value is -3.86. The van der Waals surface area contributed by atoms with Crippen molar-refractivity contribution in [2.75, 3.05) is 17.2 Å². The van der Waals surface area contributed by atoms with E-state index in [4.69, 9.17) is 9.47 Å². The average molecular weight is 531 g/mol. The summed E-state index contributed by atoms with van der Waals surface area (Å²) < 4.78 is 50.2. The zero-order chi connectivity index (χ0) is 27.5. The number of anilines is 2. The summed E-state index contributed by atoms with van der Waals surface area (Å²) in [6, 6.07) is 14.7. The topological polar surface area (TPSA) is 105 Å². The van der Waals surface area contributed by atoms with Crippen molar-refractivity contribution in [1.82, 2.24) is 10.2 Å². The summed E-state index contributed by atoms with van der Waals surface area (Å²) in [5.41, 5.74) is 0.246. The Bertz CT molecular complexity index is 1300. The van der Waals surface area contributed by atoms with Gasteiger partial charge in [0.05, 0.1) is 6.61 Å². The van der Waals surface area contributed by atoms with Crippen molar-refractivity contribution in [1.29, 1.82) is 0 Å². The van der Waals surface area contributed by atoms with E-state index in [-0.39, 0.29) is 5.69 Å². The van der Waals surface area contributed by atoms with Gasteiger partial charge in [-0.2, -0.15) is 18.3 Å². The smallest absolute Gasteiger partial charge is 0.432 e. The average Bonchev–Trinajstić information content (AvgIpc) is 3.49. The number of aromatic amines is 1. The van der Waals surface area contributed by atoms with Gasteiger partial charge in [0.25, 0.3) is 5.91 Å². The van der Waals surface area contributed by atoms with Crippen LogP contribution in [0.3, 0.4) is 0 Å². The minimum Gasteiger partial charge on any atom is -0.444 e. The monoisotopic (exact) mass is 530 g/mol. The molecule has 0 radical (unpaired) electrons. The number of nitrogens with one attached hydrogen (secondary N) is 3. The fourth-order valence-electron chi connectivity index (χ4n) is 3.66. The van der Waals surface area contributed by atoms with E-state index in [1.54, 1.807) is 57.2 Å². The quantitative estimate of drug-likeness (QED) is 0.307. The highest BCUT2D eigenvalue weighted by atomic mass is 19.4. The van der Waals surface area contributed by atoms with Gasteiger partial charge in [0.1, 0.15) is 17.4 Å². The number of alkyl halides is 3. The van der Waals surface area contributed by atoms with E-state index in [1.807, 2.05) is 17.2 Å². The molecule has 38 heavy (non-hydrogen) atoms. The summed E-state index contributed by atoms with van der Waals surface area (Å²) >= 11 is 0. The van der Waals surface area contributed by atoms with Crippen LogP contribution in [0.25, 0.3) is 0 Å². The van der Waals surface area contributed by atoms with Gasteiger partial charge in [-0.15, -0.1) is 0 Å². The molecule has 2 amide bonds. The van der Waals surface area contributed by atoms with Crippen LogP contribution in [0.4, 0.5) is 29.3 Å². The SMILES string of the molecule is CC(C)(C)OC(=O)Nc1cccc(C(OCC2CC2)c2cccc(NC(=O)c3cc(C(F)(F)F)[nH]n3)c2)c1. The number of hydrogen-bond donors (Lipinski definition) is 3. The van der Waals surface area contributed by atoms with E-state index in [2.05, 4.69) is 15.7 Å². The molecule has 1 aliphatic carbocycles. The van der Waals surface area contributed by atoms with Crippen molar-refractivity contribution in [2.45, 2.75) is 51.5 Å². The Kier molecular flexibility index (Phi) is 7.77. The molecule has 1 aliphatic rings. The van der Waals surface area contributed by atoms with Crippen molar-refractivity contribution in [2.24, 2.45) is 5.92 Å². The lowest BCUT2D eigenvalue weighted by atomic mass is 10.00. The Morgan fingerprint density at radius 1 is 1.00 bits per heavy atom. The van der Waals surface area contributed by atoms with Gasteiger partial charge in [-0.3, -0.25) is 15.2 Å². The lowest BCUT2D eigenvalue weighted by Crippen LogP contribution is -2.27. The summed E-state index contributed by atoms with van der Waals surface area (Å²) in [5.74, 6) is -0.307. The third-order valence-electron chi connectivity index (χ3n) is 5.59. The molecule has 0 bridgehead atoms. The van der Waals surface area contributed by atoms with Gasteiger partial charge in [-0.1, -0.05) is 24.3 Å². The number of halogens is 3. The normalized spacial score (nSPS) is 14.6. The third-order valence-corrected chi connectivity index (χ3v) is 5.59. The second-order valence-corrected chi connectivity index (χ2v) is 10.2. The summed E-state index contributed by atoms with van der Waals surface area (Å²) in [6.45, 7) is 5.87. The fraction of sp³-hybridized carbons (Fsp3) is 0.370. The molecule has 0 aliphatic heterocycles. The summed E-state index contributed by atoms with van der Waals surface area (Å²) in [4.78, 5) is 24.8. The van der Waals surface area contributed by atoms with E-state index in [0.717, 1.165) is 24.0 Å². The predicted octanol–water partition coefficient (Wildman–Crippen LogP) is 6.54. The van der Waals surface area contributed by atoms with E-state index >= 15 is 0 Å². The number of carbonyl (C=O) groups excluding carboxylic acids is 2. The molecule has 1 atom stereocenters. The van der Waals surface area contributed by atoms with Crippen molar-refractivity contribution in [3.8, 4) is 0 Å². The van der Waals surface area contributed by atoms with Crippen LogP contribution >= 0.6 is 0 Å². The molecule has 202 valence electrons. The number of rotatable bonds is 8. The van der Waals surface area contributed by atoms with Crippen LogP contribution in [0.15, 0.2) is 54.6 Å². The first-order valence-corrected chi connectivity index (χ1v) is 12.1. The predicted molar refractivity (Wildman–Crippen MR) is 135 cm³/mol. The first kappa shape index (κ1) is 27.2. The molecule has 11 heteroatoms. The molecule has 8 nitrogen and oxygen atoms in total. The van der Waals surface area contributed by atoms with Crippen molar-refractivity contribution >= 4 is 23.4 Å². The number of amides is 2. The van der Waals surface area contributed by atoms with E-state index < -0.39 is 35.6 Å². The van der Waals surface area contributed by atoms with Crippen molar-refractivity contribution in [3.63, 3.8) is 0 Å². The van der Waals surface area contributed by atoms with Crippen LogP contribution in [-0.4, -0.2) is 34.4 Å². The van der Waals surface area contributed by atoms with Gasteiger partial charge in [0.2, 0.25) is 0 Å². The van der Waals surface area contributed by atoms with Crippen molar-refractivity contribution < 1.29 is 32.2 Å². The van der Waals surface area contributed by atoms with Crippen LogP contribution in [0.1, 0.15) is 67.0 Å². The van der Waals surface area contributed by atoms with Gasteiger partial charge in [0.15, 0.2) is 5.69 Å². The van der Waals surface area contributed by atoms with Crippen molar-refractivity contribution in [3.05, 3.63) is 77.1 Å². The molecule has 3 aromatic rings. The van der Waals surface area contributed by atoms with Crippen LogP contribution < -0.4 is 10.6 Å². The summed E-state index contributed by atoms with van der Waals surface area (Å²) in [6.07, 6.45) is -3.55. The van der Waals surface area contributed by atoms with E-state index in [9.17, 15) is 22.8 Å². The van der Waals surface area contributed by atoms with Crippen LogP contribution in [0.2, 0.25) is 0 Å². The fourth-order valence-corrected chi connectivity index (χ4v) is 3.66. The Morgan fingerprint density at radius 3 is 2.13 bits per heavy atom. The number of hydrogen-bond acceptors (Lipinski definition) is 5. The first-order chi connectivity index (χ1) is 17.9. The largest absolute Gasteiger partial charge is 0.444 e. The van der Waals surface area contributed by atoms with E-state index in [0.29, 0.717) is 30.0 Å². The minimum atomic E-state index is -4.63. The highest BCUT2D eigenvalue weighted by Crippen LogP contribution is 2.35. The molecular weight excluding hydrogens is 501 g/mol. The Labute approximate surface area is 217 Å².